The predicted octanol–water partition coefficient (Wildman–Crippen LogP) is 4.35. The van der Waals surface area contributed by atoms with Gasteiger partial charge in [-0.3, -0.25) is 9.59 Å². The number of carbonyl (C=O) groups is 2. The van der Waals surface area contributed by atoms with Gasteiger partial charge in [0.2, 0.25) is 5.91 Å². The van der Waals surface area contributed by atoms with Gasteiger partial charge in [0.25, 0.3) is 0 Å². The Kier molecular flexibility index (Phi) is 4.30. The second kappa shape index (κ2) is 6.38. The number of ether oxygens (including phenoxy) is 1. The van der Waals surface area contributed by atoms with Gasteiger partial charge in [0.15, 0.2) is 0 Å². The van der Waals surface area contributed by atoms with Gasteiger partial charge in [0.05, 0.1) is 6.10 Å². The highest BCUT2D eigenvalue weighted by Gasteiger charge is 2.60. The second-order valence-electron chi connectivity index (χ2n) is 6.79. The lowest BCUT2D eigenvalue weighted by molar-refractivity contribution is -0.137. The van der Waals surface area contributed by atoms with E-state index in [4.69, 9.17) is 27.9 Å². The molecule has 1 spiro atoms. The van der Waals surface area contributed by atoms with Crippen LogP contribution >= 0.6 is 23.2 Å². The highest BCUT2D eigenvalue weighted by molar-refractivity contribution is 6.31. The number of methoxy groups -OCH3 is 1. The number of benzene rings is 2. The quantitative estimate of drug-likeness (QED) is 0.830. The van der Waals surface area contributed by atoms with E-state index in [0.29, 0.717) is 15.7 Å². The Morgan fingerprint density at radius 1 is 1.08 bits per heavy atom. The molecular formula is C20H17Cl2NO3. The SMILES string of the molecule is CO[C@H]1CC(=O)C[C@@H](c2cccc(Cl)c2)[C@]12C(=O)Nc1cc(Cl)ccc12. The summed E-state index contributed by atoms with van der Waals surface area (Å²) in [6.07, 6.45) is -0.103. The molecule has 1 fully saturated rings. The molecule has 1 aliphatic heterocycles. The number of anilines is 1. The molecule has 1 heterocycles. The molecule has 1 aliphatic carbocycles. The molecule has 134 valence electrons. The van der Waals surface area contributed by atoms with Gasteiger partial charge < -0.3 is 10.1 Å². The molecule has 0 radical (unpaired) electrons. The first-order chi connectivity index (χ1) is 12.5. The smallest absolute Gasteiger partial charge is 0.238 e. The maximum atomic E-state index is 13.3. The van der Waals surface area contributed by atoms with Gasteiger partial charge in [0.1, 0.15) is 11.2 Å². The zero-order chi connectivity index (χ0) is 18.5. The van der Waals surface area contributed by atoms with Gasteiger partial charge in [0, 0.05) is 41.6 Å². The normalized spacial score (nSPS) is 27.5. The van der Waals surface area contributed by atoms with Crippen molar-refractivity contribution in [1.82, 2.24) is 0 Å². The Morgan fingerprint density at radius 3 is 2.58 bits per heavy atom. The van der Waals surface area contributed by atoms with Crippen LogP contribution < -0.4 is 5.32 Å². The third kappa shape index (κ3) is 2.48. The number of halogens is 2. The first kappa shape index (κ1) is 17.5. The zero-order valence-corrected chi connectivity index (χ0v) is 15.6. The van der Waals surface area contributed by atoms with Crippen LogP contribution in [0.3, 0.4) is 0 Å². The number of Topliss-reactive ketones (excluding diaryl/α,β-unsaturated/α-hetero) is 1. The molecule has 3 atom stereocenters. The van der Waals surface area contributed by atoms with E-state index >= 15 is 0 Å². The summed E-state index contributed by atoms with van der Waals surface area (Å²) in [6, 6.07) is 12.7. The lowest BCUT2D eigenvalue weighted by Gasteiger charge is -2.44. The van der Waals surface area contributed by atoms with Crippen LogP contribution in [0.25, 0.3) is 0 Å². The van der Waals surface area contributed by atoms with E-state index in [9.17, 15) is 9.59 Å². The van der Waals surface area contributed by atoms with Crippen molar-refractivity contribution >= 4 is 40.6 Å². The summed E-state index contributed by atoms with van der Waals surface area (Å²) < 4.78 is 5.69. The molecule has 0 unspecified atom stereocenters. The fourth-order valence-corrected chi connectivity index (χ4v) is 4.80. The first-order valence-electron chi connectivity index (χ1n) is 8.38. The molecular weight excluding hydrogens is 373 g/mol. The summed E-state index contributed by atoms with van der Waals surface area (Å²) in [5.74, 6) is -0.461. The molecule has 2 aromatic carbocycles. The monoisotopic (exact) mass is 389 g/mol. The number of rotatable bonds is 2. The van der Waals surface area contributed by atoms with Gasteiger partial charge >= 0.3 is 0 Å². The number of hydrogen-bond donors (Lipinski definition) is 1. The second-order valence-corrected chi connectivity index (χ2v) is 7.66. The fourth-order valence-electron chi connectivity index (χ4n) is 4.43. The van der Waals surface area contributed by atoms with E-state index in [-0.39, 0.29) is 30.4 Å². The largest absolute Gasteiger partial charge is 0.379 e. The van der Waals surface area contributed by atoms with Gasteiger partial charge in [-0.1, -0.05) is 41.4 Å². The van der Waals surface area contributed by atoms with E-state index < -0.39 is 11.5 Å². The summed E-state index contributed by atoms with van der Waals surface area (Å²) in [5, 5.41) is 4.06. The van der Waals surface area contributed by atoms with Crippen molar-refractivity contribution in [2.24, 2.45) is 0 Å². The van der Waals surface area contributed by atoms with Crippen molar-refractivity contribution in [3.8, 4) is 0 Å². The molecule has 6 heteroatoms. The average molecular weight is 390 g/mol. The Balaban J connectivity index is 1.97. The van der Waals surface area contributed by atoms with Crippen molar-refractivity contribution in [3.05, 3.63) is 63.6 Å². The van der Waals surface area contributed by atoms with E-state index in [2.05, 4.69) is 5.32 Å². The highest BCUT2D eigenvalue weighted by atomic mass is 35.5. The molecule has 1 saturated carbocycles. The summed E-state index contributed by atoms with van der Waals surface area (Å²) >= 11 is 12.3. The standard InChI is InChI=1S/C20H17Cl2NO3/c1-26-18-10-14(24)9-16(11-3-2-4-12(21)7-11)20(18)15-6-5-13(22)8-17(15)23-19(20)25/h2-8,16,18H,9-10H2,1H3,(H,23,25)/t16-,18-,20-/m0/s1. The molecule has 0 bridgehead atoms. The molecule has 1 N–H and O–H groups in total. The number of ketones is 1. The van der Waals surface area contributed by atoms with Crippen molar-refractivity contribution in [3.63, 3.8) is 0 Å². The van der Waals surface area contributed by atoms with Crippen LogP contribution in [0.1, 0.15) is 29.9 Å². The lowest BCUT2D eigenvalue weighted by Crippen LogP contribution is -2.55. The van der Waals surface area contributed by atoms with Crippen LogP contribution in [-0.4, -0.2) is 24.9 Å². The first-order valence-corrected chi connectivity index (χ1v) is 9.14. The van der Waals surface area contributed by atoms with Crippen molar-refractivity contribution in [2.75, 3.05) is 12.4 Å². The van der Waals surface area contributed by atoms with Crippen molar-refractivity contribution < 1.29 is 14.3 Å². The molecule has 4 nitrogen and oxygen atoms in total. The number of amides is 1. The molecule has 0 saturated heterocycles. The molecule has 2 aliphatic rings. The number of carbonyl (C=O) groups excluding carboxylic acids is 2. The molecule has 4 rings (SSSR count). The Morgan fingerprint density at radius 2 is 1.85 bits per heavy atom. The minimum Gasteiger partial charge on any atom is -0.379 e. The topological polar surface area (TPSA) is 55.4 Å². The van der Waals surface area contributed by atoms with Crippen LogP contribution in [0.2, 0.25) is 10.0 Å². The van der Waals surface area contributed by atoms with Crippen LogP contribution in [0.4, 0.5) is 5.69 Å². The highest BCUT2D eigenvalue weighted by Crippen LogP contribution is 2.55. The predicted molar refractivity (Wildman–Crippen MR) is 101 cm³/mol. The third-order valence-corrected chi connectivity index (χ3v) is 5.96. The Hall–Kier alpha value is -1.88. The van der Waals surface area contributed by atoms with E-state index in [0.717, 1.165) is 11.1 Å². The van der Waals surface area contributed by atoms with Gasteiger partial charge in [-0.05, 0) is 35.4 Å². The minimum atomic E-state index is -0.993. The zero-order valence-electron chi connectivity index (χ0n) is 14.1. The summed E-state index contributed by atoms with van der Waals surface area (Å²) in [4.78, 5) is 25.7. The van der Waals surface area contributed by atoms with Gasteiger partial charge in [-0.15, -0.1) is 0 Å². The summed E-state index contributed by atoms with van der Waals surface area (Å²) in [5.41, 5.74) is 1.35. The van der Waals surface area contributed by atoms with E-state index in [1.807, 2.05) is 24.3 Å². The average Bonchev–Trinajstić information content (AvgIpc) is 2.88. The van der Waals surface area contributed by atoms with Gasteiger partial charge in [-0.25, -0.2) is 0 Å². The van der Waals surface area contributed by atoms with Crippen LogP contribution in [0, 0.1) is 0 Å². The fraction of sp³-hybridized carbons (Fsp3) is 0.300. The van der Waals surface area contributed by atoms with Crippen LogP contribution in [0.15, 0.2) is 42.5 Å². The lowest BCUT2D eigenvalue weighted by atomic mass is 9.59. The molecule has 2 aromatic rings. The Bertz CT molecular complexity index is 914. The summed E-state index contributed by atoms with van der Waals surface area (Å²) in [6.45, 7) is 0. The van der Waals surface area contributed by atoms with E-state index in [1.54, 1.807) is 25.3 Å². The molecule has 0 aromatic heterocycles. The molecule has 1 amide bonds. The number of hydrogen-bond acceptors (Lipinski definition) is 3. The third-order valence-electron chi connectivity index (χ3n) is 5.49. The van der Waals surface area contributed by atoms with Gasteiger partial charge in [-0.2, -0.15) is 0 Å². The van der Waals surface area contributed by atoms with Crippen molar-refractivity contribution in [2.45, 2.75) is 30.3 Å². The maximum absolute atomic E-state index is 13.3. The number of fused-ring (bicyclic) bond motifs is 2. The van der Waals surface area contributed by atoms with Crippen LogP contribution in [0.5, 0.6) is 0 Å². The van der Waals surface area contributed by atoms with Crippen LogP contribution in [-0.2, 0) is 19.7 Å². The summed E-state index contributed by atoms with van der Waals surface area (Å²) in [7, 11) is 1.54. The van der Waals surface area contributed by atoms with Crippen molar-refractivity contribution in [1.29, 1.82) is 0 Å². The van der Waals surface area contributed by atoms with E-state index in [1.165, 1.54) is 0 Å². The Labute approximate surface area is 161 Å². The minimum absolute atomic E-state index is 0.0719. The maximum Gasteiger partial charge on any atom is 0.238 e. The molecule has 26 heavy (non-hydrogen) atoms. The number of nitrogens with one attached hydrogen (secondary N) is 1.